The standard InChI is InChI=1S/C18H34N4O3/c1-12-10-23-6-3-7-24-11-17-19-16(9-22(17)2)18-14-8-13(25-12)4-5-15(14)20-21-18/h12-21H,3-11H2,1-2H3/t12-,13?,14?,15?,16?,17?,18?/m0/s1. The molecule has 0 aromatic carbocycles. The van der Waals surface area contributed by atoms with E-state index in [2.05, 4.69) is 35.0 Å². The van der Waals surface area contributed by atoms with E-state index >= 15 is 0 Å². The Morgan fingerprint density at radius 3 is 2.72 bits per heavy atom. The Labute approximate surface area is 151 Å². The molecule has 0 amide bonds. The Kier molecular flexibility index (Phi) is 5.91. The lowest BCUT2D eigenvalue weighted by Crippen LogP contribution is -2.50. The van der Waals surface area contributed by atoms with Crippen LogP contribution in [-0.4, -0.2) is 81.4 Å². The van der Waals surface area contributed by atoms with Gasteiger partial charge < -0.3 is 14.2 Å². The van der Waals surface area contributed by atoms with Gasteiger partial charge in [0.25, 0.3) is 0 Å². The Morgan fingerprint density at radius 1 is 1.00 bits per heavy atom. The lowest BCUT2D eigenvalue weighted by Gasteiger charge is -2.36. The second kappa shape index (κ2) is 8.17. The van der Waals surface area contributed by atoms with Crippen LogP contribution < -0.4 is 16.2 Å². The number of nitrogens with zero attached hydrogens (tertiary/aromatic N) is 1. The molecule has 7 nitrogen and oxygen atoms in total. The maximum absolute atomic E-state index is 6.30. The molecule has 6 unspecified atom stereocenters. The molecule has 4 rings (SSSR count). The molecule has 3 heterocycles. The maximum Gasteiger partial charge on any atom is 0.0839 e. The largest absolute Gasteiger partial charge is 0.379 e. The van der Waals surface area contributed by atoms with Gasteiger partial charge in [-0.1, -0.05) is 0 Å². The molecule has 3 N–H and O–H groups in total. The van der Waals surface area contributed by atoms with Crippen LogP contribution in [-0.2, 0) is 14.2 Å². The monoisotopic (exact) mass is 354 g/mol. The molecule has 3 saturated heterocycles. The van der Waals surface area contributed by atoms with E-state index in [9.17, 15) is 0 Å². The smallest absolute Gasteiger partial charge is 0.0839 e. The van der Waals surface area contributed by atoms with Crippen LogP contribution in [0.5, 0.6) is 0 Å². The maximum atomic E-state index is 6.30. The summed E-state index contributed by atoms with van der Waals surface area (Å²) >= 11 is 0. The predicted molar refractivity (Wildman–Crippen MR) is 95.1 cm³/mol. The minimum Gasteiger partial charge on any atom is -0.379 e. The van der Waals surface area contributed by atoms with Gasteiger partial charge in [0.15, 0.2) is 0 Å². The fraction of sp³-hybridized carbons (Fsp3) is 1.00. The van der Waals surface area contributed by atoms with E-state index < -0.39 is 0 Å². The van der Waals surface area contributed by atoms with Gasteiger partial charge in [-0.15, -0.1) is 0 Å². The van der Waals surface area contributed by atoms with Crippen LogP contribution in [0, 0.1) is 5.92 Å². The van der Waals surface area contributed by atoms with Crippen LogP contribution in [0.1, 0.15) is 32.6 Å². The normalized spacial score (nSPS) is 47.0. The average molecular weight is 354 g/mol. The van der Waals surface area contributed by atoms with Gasteiger partial charge >= 0.3 is 0 Å². The van der Waals surface area contributed by atoms with Gasteiger partial charge in [-0.2, -0.15) is 0 Å². The first-order valence-corrected chi connectivity index (χ1v) is 9.99. The third kappa shape index (κ3) is 4.18. The molecule has 1 aliphatic carbocycles. The van der Waals surface area contributed by atoms with Crippen LogP contribution in [0.25, 0.3) is 0 Å². The van der Waals surface area contributed by atoms with Crippen LogP contribution in [0.15, 0.2) is 0 Å². The minimum absolute atomic E-state index is 0.163. The van der Waals surface area contributed by atoms with Gasteiger partial charge in [0, 0.05) is 37.9 Å². The van der Waals surface area contributed by atoms with Gasteiger partial charge in [0.05, 0.1) is 31.6 Å². The van der Waals surface area contributed by atoms with Crippen LogP contribution in [0.4, 0.5) is 0 Å². The van der Waals surface area contributed by atoms with E-state index in [4.69, 9.17) is 14.2 Å². The summed E-state index contributed by atoms with van der Waals surface area (Å²) < 4.78 is 17.9. The Hall–Kier alpha value is -0.280. The summed E-state index contributed by atoms with van der Waals surface area (Å²) in [4.78, 5) is 2.38. The first kappa shape index (κ1) is 18.1. The number of hydrogen-bond donors (Lipinski definition) is 3. The summed E-state index contributed by atoms with van der Waals surface area (Å²) in [7, 11) is 2.19. The van der Waals surface area contributed by atoms with Crippen molar-refractivity contribution in [2.45, 2.75) is 69.1 Å². The molecule has 0 aromatic rings. The highest BCUT2D eigenvalue weighted by molar-refractivity contribution is 5.04. The molecule has 7 heteroatoms. The molecule has 3 aliphatic heterocycles. The van der Waals surface area contributed by atoms with Crippen molar-refractivity contribution in [2.75, 3.05) is 40.0 Å². The Bertz CT molecular complexity index is 441. The van der Waals surface area contributed by atoms with Gasteiger partial charge in [0.1, 0.15) is 0 Å². The number of hydrogen-bond acceptors (Lipinski definition) is 7. The summed E-state index contributed by atoms with van der Waals surface area (Å²) in [5.41, 5.74) is 7.14. The van der Waals surface area contributed by atoms with Crippen molar-refractivity contribution in [2.24, 2.45) is 5.92 Å². The highest BCUT2D eigenvalue weighted by Gasteiger charge is 2.46. The lowest BCUT2D eigenvalue weighted by atomic mass is 9.78. The predicted octanol–water partition coefficient (Wildman–Crippen LogP) is 0.0718. The number of hydrazine groups is 1. The van der Waals surface area contributed by atoms with Crippen molar-refractivity contribution in [3.63, 3.8) is 0 Å². The molecule has 4 fully saturated rings. The Morgan fingerprint density at radius 2 is 1.84 bits per heavy atom. The van der Waals surface area contributed by atoms with Gasteiger partial charge in [0.2, 0.25) is 0 Å². The summed E-state index contributed by atoms with van der Waals surface area (Å²) in [6.07, 6.45) is 5.21. The zero-order chi connectivity index (χ0) is 17.2. The van der Waals surface area contributed by atoms with Crippen LogP contribution in [0.2, 0.25) is 0 Å². The first-order valence-electron chi connectivity index (χ1n) is 9.99. The molecule has 0 radical (unpaired) electrons. The van der Waals surface area contributed by atoms with E-state index in [1.807, 2.05) is 0 Å². The van der Waals surface area contributed by atoms with E-state index in [0.29, 0.717) is 42.9 Å². The molecule has 25 heavy (non-hydrogen) atoms. The van der Waals surface area contributed by atoms with Crippen molar-refractivity contribution in [1.29, 1.82) is 0 Å². The highest BCUT2D eigenvalue weighted by Crippen LogP contribution is 2.34. The van der Waals surface area contributed by atoms with Crippen molar-refractivity contribution < 1.29 is 14.2 Å². The van der Waals surface area contributed by atoms with Gasteiger partial charge in [-0.3, -0.25) is 21.1 Å². The number of ether oxygens (including phenoxy) is 3. The molecular formula is C18H34N4O3. The summed E-state index contributed by atoms with van der Waals surface area (Å²) in [6, 6.07) is 1.47. The molecule has 7 atom stereocenters. The second-order valence-electron chi connectivity index (χ2n) is 8.20. The SMILES string of the molecule is C[C@H]1COCCCOCC2NC(CN2C)C2NNC3CCC(CC32)O1. The van der Waals surface area contributed by atoms with Crippen molar-refractivity contribution in [3.8, 4) is 0 Å². The summed E-state index contributed by atoms with van der Waals surface area (Å²) in [6.45, 7) is 6.11. The quantitative estimate of drug-likeness (QED) is 0.569. The number of nitrogens with one attached hydrogen (secondary N) is 3. The molecule has 0 spiro atoms. The van der Waals surface area contributed by atoms with Crippen molar-refractivity contribution >= 4 is 0 Å². The molecule has 4 aliphatic rings. The summed E-state index contributed by atoms with van der Waals surface area (Å²) in [5.74, 6) is 0.616. The van der Waals surface area contributed by atoms with E-state index in [1.54, 1.807) is 0 Å². The second-order valence-corrected chi connectivity index (χ2v) is 8.20. The summed E-state index contributed by atoms with van der Waals surface area (Å²) in [5, 5.41) is 3.79. The fourth-order valence-electron chi connectivity index (χ4n) is 4.91. The Balaban J connectivity index is 1.45. The van der Waals surface area contributed by atoms with Crippen LogP contribution >= 0.6 is 0 Å². The lowest BCUT2D eigenvalue weighted by molar-refractivity contribution is -0.0716. The topological polar surface area (TPSA) is 67.0 Å². The first-order chi connectivity index (χ1) is 12.2. The zero-order valence-electron chi connectivity index (χ0n) is 15.6. The average Bonchev–Trinajstić information content (AvgIpc) is 3.16. The third-order valence-corrected chi connectivity index (χ3v) is 6.24. The molecule has 4 bridgehead atoms. The third-order valence-electron chi connectivity index (χ3n) is 6.24. The van der Waals surface area contributed by atoms with E-state index in [-0.39, 0.29) is 6.10 Å². The van der Waals surface area contributed by atoms with Crippen molar-refractivity contribution in [1.82, 2.24) is 21.1 Å². The van der Waals surface area contributed by atoms with Crippen LogP contribution in [0.3, 0.4) is 0 Å². The minimum atomic E-state index is 0.163. The number of fused-ring (bicyclic) bond motifs is 4. The van der Waals surface area contributed by atoms with E-state index in [1.165, 1.54) is 6.42 Å². The highest BCUT2D eigenvalue weighted by atomic mass is 16.5. The zero-order valence-corrected chi connectivity index (χ0v) is 15.6. The van der Waals surface area contributed by atoms with E-state index in [0.717, 1.165) is 45.6 Å². The molecular weight excluding hydrogens is 320 g/mol. The number of likely N-dealkylation sites (N-methyl/N-ethyl adjacent to an activating group) is 1. The van der Waals surface area contributed by atoms with Crippen molar-refractivity contribution in [3.05, 3.63) is 0 Å². The molecule has 0 aromatic heterocycles. The fourth-order valence-corrected chi connectivity index (χ4v) is 4.91. The molecule has 144 valence electrons. The molecule has 1 saturated carbocycles. The van der Waals surface area contributed by atoms with Gasteiger partial charge in [-0.25, -0.2) is 0 Å². The van der Waals surface area contributed by atoms with Gasteiger partial charge in [-0.05, 0) is 45.6 Å². The number of rotatable bonds is 0.